The molecule has 8 aromatic rings. The first-order chi connectivity index (χ1) is 23.2. The quantitative estimate of drug-likeness (QED) is 0.179. The Hall–Kier alpha value is -6.31. The van der Waals surface area contributed by atoms with Gasteiger partial charge in [-0.15, -0.1) is 0 Å². The molecular weight excluding hydrogens is 605 g/mol. The molecule has 0 saturated carbocycles. The second-order valence-electron chi connectivity index (χ2n) is 12.1. The van der Waals surface area contributed by atoms with Crippen LogP contribution in [0.15, 0.2) is 115 Å². The summed E-state index contributed by atoms with van der Waals surface area (Å²) in [7, 11) is 0. The van der Waals surface area contributed by atoms with E-state index in [2.05, 4.69) is 39.7 Å². The molecule has 230 valence electrons. The Balaban J connectivity index is 1.56. The molecule has 0 N–H and O–H groups in total. The Kier molecular flexibility index (Phi) is 6.44. The fraction of sp³-hybridized carbons (Fsp3) is 0.0732. The van der Waals surface area contributed by atoms with Gasteiger partial charge in [0.1, 0.15) is 11.6 Å². The molecule has 2 aromatic heterocycles. The van der Waals surface area contributed by atoms with E-state index in [1.165, 1.54) is 6.07 Å². The van der Waals surface area contributed by atoms with E-state index in [9.17, 15) is 18.4 Å². The average Bonchev–Trinajstić information content (AvgIpc) is 3.58. The lowest BCUT2D eigenvalue weighted by molar-refractivity contribution is -0.137. The minimum absolute atomic E-state index is 0.147. The first-order valence-corrected chi connectivity index (χ1v) is 15.4. The Morgan fingerprint density at radius 2 is 1.17 bits per heavy atom. The van der Waals surface area contributed by atoms with Gasteiger partial charge in [-0.25, -0.2) is 4.85 Å². The molecule has 0 aliphatic carbocycles. The van der Waals surface area contributed by atoms with Crippen LogP contribution in [0.3, 0.4) is 0 Å². The number of alkyl halides is 3. The maximum absolute atomic E-state index is 13.8. The van der Waals surface area contributed by atoms with Crippen LogP contribution >= 0.6 is 0 Å². The molecule has 48 heavy (non-hydrogen) atoms. The minimum atomic E-state index is -4.61. The van der Waals surface area contributed by atoms with Gasteiger partial charge in [-0.05, 0) is 73.5 Å². The third-order valence-electron chi connectivity index (χ3n) is 9.12. The number of benzene rings is 6. The smallest absolute Gasteiger partial charge is 0.308 e. The van der Waals surface area contributed by atoms with Crippen LogP contribution in [0.25, 0.3) is 71.0 Å². The van der Waals surface area contributed by atoms with Crippen LogP contribution in [-0.4, -0.2) is 9.13 Å². The van der Waals surface area contributed by atoms with Gasteiger partial charge in [0.2, 0.25) is 0 Å². The summed E-state index contributed by atoms with van der Waals surface area (Å²) >= 11 is 0. The third-order valence-corrected chi connectivity index (χ3v) is 9.12. The lowest BCUT2D eigenvalue weighted by Gasteiger charge is -2.21. The maximum atomic E-state index is 13.8. The van der Waals surface area contributed by atoms with Crippen LogP contribution in [0.1, 0.15) is 22.3 Å². The lowest BCUT2D eigenvalue weighted by atomic mass is 9.95. The molecule has 0 fully saturated rings. The zero-order valence-corrected chi connectivity index (χ0v) is 25.9. The molecule has 0 aliphatic rings. The van der Waals surface area contributed by atoms with Crippen LogP contribution in [0, 0.1) is 31.8 Å². The van der Waals surface area contributed by atoms with Crippen LogP contribution in [0.4, 0.5) is 18.9 Å². The SMILES string of the molecule is [C-]#[N+]c1cc(C(F)(F)F)ccc1-c1ccc(-n2c3ccccc3c3cc(C)ccc32)c(C#N)c1-n1c2ccccc2c2cc(C)ccc21. The largest absolute Gasteiger partial charge is 0.415 e. The maximum Gasteiger partial charge on any atom is 0.415 e. The zero-order chi connectivity index (χ0) is 33.3. The van der Waals surface area contributed by atoms with Crippen molar-refractivity contribution in [2.45, 2.75) is 20.0 Å². The monoisotopic (exact) mass is 630 g/mol. The van der Waals surface area contributed by atoms with Gasteiger partial charge < -0.3 is 9.13 Å². The molecule has 0 spiro atoms. The second-order valence-corrected chi connectivity index (χ2v) is 12.1. The molecule has 0 saturated heterocycles. The first kappa shape index (κ1) is 29.1. The molecule has 7 heteroatoms. The van der Waals surface area contributed by atoms with E-state index in [0.717, 1.165) is 66.9 Å². The molecule has 4 nitrogen and oxygen atoms in total. The van der Waals surface area contributed by atoms with E-state index in [4.69, 9.17) is 6.57 Å². The number of aromatic nitrogens is 2. The summed E-state index contributed by atoms with van der Waals surface area (Å²) in [6.07, 6.45) is -4.61. The van der Waals surface area contributed by atoms with Crippen molar-refractivity contribution in [2.75, 3.05) is 0 Å². The van der Waals surface area contributed by atoms with E-state index in [0.29, 0.717) is 28.1 Å². The molecule has 0 unspecified atom stereocenters. The summed E-state index contributed by atoms with van der Waals surface area (Å²) in [4.78, 5) is 3.55. The number of hydrogen-bond donors (Lipinski definition) is 0. The average molecular weight is 631 g/mol. The topological polar surface area (TPSA) is 38.0 Å². The molecule has 2 heterocycles. The molecule has 0 bridgehead atoms. The van der Waals surface area contributed by atoms with Gasteiger partial charge in [-0.1, -0.05) is 77.9 Å². The number of hydrogen-bond acceptors (Lipinski definition) is 1. The zero-order valence-electron chi connectivity index (χ0n) is 25.9. The summed E-state index contributed by atoms with van der Waals surface area (Å²) in [5.41, 5.74) is 6.89. The Morgan fingerprint density at radius 1 is 0.625 bits per heavy atom. The van der Waals surface area contributed by atoms with E-state index in [-0.39, 0.29) is 5.69 Å². The van der Waals surface area contributed by atoms with Crippen molar-refractivity contribution in [1.29, 1.82) is 5.26 Å². The first-order valence-electron chi connectivity index (χ1n) is 15.4. The van der Waals surface area contributed by atoms with Crippen LogP contribution in [0.2, 0.25) is 0 Å². The van der Waals surface area contributed by atoms with Crippen molar-refractivity contribution in [3.63, 3.8) is 0 Å². The predicted octanol–water partition coefficient (Wildman–Crippen LogP) is 11.6. The van der Waals surface area contributed by atoms with E-state index in [1.807, 2.05) is 91.2 Å². The number of nitriles is 1. The van der Waals surface area contributed by atoms with Crippen molar-refractivity contribution in [3.8, 4) is 28.6 Å². The van der Waals surface area contributed by atoms with E-state index < -0.39 is 11.7 Å². The van der Waals surface area contributed by atoms with Crippen molar-refractivity contribution >= 4 is 49.3 Å². The van der Waals surface area contributed by atoms with Crippen molar-refractivity contribution in [1.82, 2.24) is 9.13 Å². The number of rotatable bonds is 3. The number of nitrogens with zero attached hydrogens (tertiary/aromatic N) is 4. The van der Waals surface area contributed by atoms with Crippen molar-refractivity contribution < 1.29 is 13.2 Å². The third kappa shape index (κ3) is 4.29. The number of halogens is 3. The summed E-state index contributed by atoms with van der Waals surface area (Å²) in [6.45, 7) is 12.0. The number of fused-ring (bicyclic) bond motifs is 6. The minimum Gasteiger partial charge on any atom is -0.308 e. The standard InChI is InChI=1S/C41H25F3N4/c1-24-12-17-37-31(20-24)28-8-4-6-10-35(28)47(37)39-19-16-30(27-15-14-26(41(42,43)44)22-34(27)46-3)40(33(39)23-45)48-36-11-7-5-9-29(36)32-21-25(2)13-18-38(32)48/h4-22H,1-2H3. The highest BCUT2D eigenvalue weighted by Gasteiger charge is 2.32. The van der Waals surface area contributed by atoms with Crippen molar-refractivity contribution in [2.24, 2.45) is 0 Å². The van der Waals surface area contributed by atoms with Gasteiger partial charge in [-0.3, -0.25) is 0 Å². The Morgan fingerprint density at radius 3 is 1.75 bits per heavy atom. The summed E-state index contributed by atoms with van der Waals surface area (Å²) in [5.74, 6) is 0. The number of aryl methyl sites for hydroxylation is 2. The summed E-state index contributed by atoms with van der Waals surface area (Å²) in [5, 5.41) is 15.2. The van der Waals surface area contributed by atoms with Gasteiger partial charge in [0, 0.05) is 27.1 Å². The van der Waals surface area contributed by atoms with Crippen molar-refractivity contribution in [3.05, 3.63) is 149 Å². The highest BCUT2D eigenvalue weighted by molar-refractivity contribution is 6.12. The fourth-order valence-electron chi connectivity index (χ4n) is 7.03. The fourth-order valence-corrected chi connectivity index (χ4v) is 7.03. The molecule has 8 rings (SSSR count). The Labute approximate surface area is 273 Å². The second kappa shape index (κ2) is 10.6. The van der Waals surface area contributed by atoms with E-state index >= 15 is 0 Å². The van der Waals surface area contributed by atoms with Crippen LogP contribution < -0.4 is 0 Å². The molecule has 0 atom stereocenters. The summed E-state index contributed by atoms with van der Waals surface area (Å²) in [6, 6.07) is 37.7. The highest BCUT2D eigenvalue weighted by Crippen LogP contribution is 2.45. The molecular formula is C41H25F3N4. The molecule has 0 aliphatic heterocycles. The normalized spacial score (nSPS) is 11.8. The van der Waals surface area contributed by atoms with Gasteiger partial charge in [0.05, 0.1) is 40.0 Å². The van der Waals surface area contributed by atoms with Crippen LogP contribution in [0.5, 0.6) is 0 Å². The van der Waals surface area contributed by atoms with Crippen LogP contribution in [-0.2, 0) is 6.18 Å². The van der Waals surface area contributed by atoms with E-state index in [1.54, 1.807) is 0 Å². The Bertz CT molecular complexity index is 2710. The summed E-state index contributed by atoms with van der Waals surface area (Å²) < 4.78 is 45.4. The van der Waals surface area contributed by atoms with Gasteiger partial charge in [0.25, 0.3) is 0 Å². The predicted molar refractivity (Wildman–Crippen MR) is 186 cm³/mol. The molecule has 0 radical (unpaired) electrons. The van der Waals surface area contributed by atoms with Gasteiger partial charge >= 0.3 is 6.18 Å². The molecule has 0 amide bonds. The van der Waals surface area contributed by atoms with Gasteiger partial charge in [0.15, 0.2) is 5.69 Å². The highest BCUT2D eigenvalue weighted by atomic mass is 19.4. The number of para-hydroxylation sites is 2. The van der Waals surface area contributed by atoms with Gasteiger partial charge in [-0.2, -0.15) is 18.4 Å². The molecule has 6 aromatic carbocycles. The lowest BCUT2D eigenvalue weighted by Crippen LogP contribution is -2.07.